The molecule has 0 saturated heterocycles. The van der Waals surface area contributed by atoms with Crippen LogP contribution in [0.1, 0.15) is 63.1 Å². The summed E-state index contributed by atoms with van der Waals surface area (Å²) in [5.41, 5.74) is -0.687. The fraction of sp³-hybridized carbons (Fsp3) is 0.536. The van der Waals surface area contributed by atoms with Crippen molar-refractivity contribution in [1.29, 1.82) is 0 Å². The van der Waals surface area contributed by atoms with Gasteiger partial charge in [0.25, 0.3) is 0 Å². The number of nitrogens with one attached hydrogen (secondary N) is 1. The lowest BCUT2D eigenvalue weighted by Gasteiger charge is -2.34. The van der Waals surface area contributed by atoms with Crippen LogP contribution in [-0.4, -0.2) is 42.1 Å². The van der Waals surface area contributed by atoms with E-state index >= 15 is 0 Å². The van der Waals surface area contributed by atoms with Gasteiger partial charge in [-0.05, 0) is 88.4 Å². The van der Waals surface area contributed by atoms with Gasteiger partial charge in [0.15, 0.2) is 0 Å². The number of benzene rings is 1. The lowest BCUT2D eigenvalue weighted by Crippen LogP contribution is -2.45. The van der Waals surface area contributed by atoms with Crippen molar-refractivity contribution in [2.45, 2.75) is 69.9 Å². The van der Waals surface area contributed by atoms with Gasteiger partial charge in [0.1, 0.15) is 12.5 Å². The Balaban J connectivity index is 1.74. The lowest BCUT2D eigenvalue weighted by molar-refractivity contribution is -0.137. The van der Waals surface area contributed by atoms with Gasteiger partial charge in [-0.1, -0.05) is 12.1 Å². The van der Waals surface area contributed by atoms with E-state index < -0.39 is 29.6 Å². The van der Waals surface area contributed by atoms with Crippen LogP contribution in [-0.2, 0) is 10.9 Å². The summed E-state index contributed by atoms with van der Waals surface area (Å²) in [5, 5.41) is 3.29. The Kier molecular flexibility index (Phi) is 7.68. The number of hydrogen-bond donors (Lipinski definition) is 1. The molecule has 0 bridgehead atoms. The second kappa shape index (κ2) is 10.3. The van der Waals surface area contributed by atoms with E-state index in [1.807, 2.05) is 6.08 Å². The molecule has 1 aromatic heterocycles. The van der Waals surface area contributed by atoms with Gasteiger partial charge in [-0.25, -0.2) is 13.8 Å². The van der Waals surface area contributed by atoms with E-state index in [0.29, 0.717) is 18.5 Å². The molecule has 2 aliphatic rings. The van der Waals surface area contributed by atoms with Crippen molar-refractivity contribution in [1.82, 2.24) is 10.3 Å². The summed E-state index contributed by atoms with van der Waals surface area (Å²) in [6.45, 7) is 7.20. The number of rotatable bonds is 8. The van der Waals surface area contributed by atoms with Gasteiger partial charge in [-0.2, -0.15) is 13.2 Å². The van der Waals surface area contributed by atoms with Crippen LogP contribution in [0, 0.1) is 11.7 Å². The first-order valence-corrected chi connectivity index (χ1v) is 12.5. The van der Waals surface area contributed by atoms with E-state index in [1.54, 1.807) is 39.8 Å². The molecular weight excluding hydrogens is 491 g/mol. The number of alkyl halides is 4. The smallest absolute Gasteiger partial charge is 0.417 e. The van der Waals surface area contributed by atoms with Crippen LogP contribution in [0.3, 0.4) is 0 Å². The molecule has 3 atom stereocenters. The Labute approximate surface area is 214 Å². The third-order valence-electron chi connectivity index (χ3n) is 7.10. The standard InChI is InChI=1S/C28H33F5N2O2/c1-17(2)37-25-23(11-21(14-34-25)28(31,32)33)20-12-27(36-15-20)10-9-19(13-35-26(3,4)16-29)24(27)18-5-7-22(30)8-6-18/h5-8,11-12,14,17,19,24,35H,9-10,13,15-16H2,1-4H3/t19-,24-,27-/m1/s1. The van der Waals surface area contributed by atoms with E-state index in [4.69, 9.17) is 9.47 Å². The number of halogens is 5. The summed E-state index contributed by atoms with van der Waals surface area (Å²) >= 11 is 0. The van der Waals surface area contributed by atoms with Crippen molar-refractivity contribution in [2.24, 2.45) is 5.92 Å². The van der Waals surface area contributed by atoms with Crippen LogP contribution >= 0.6 is 0 Å². The zero-order valence-electron chi connectivity index (χ0n) is 21.5. The van der Waals surface area contributed by atoms with Gasteiger partial charge in [-0.3, -0.25) is 0 Å². The Hall–Kier alpha value is -2.52. The second-order valence-electron chi connectivity index (χ2n) is 10.9. The van der Waals surface area contributed by atoms with Crippen LogP contribution in [0.15, 0.2) is 42.6 Å². The molecule has 37 heavy (non-hydrogen) atoms. The topological polar surface area (TPSA) is 43.4 Å². The van der Waals surface area contributed by atoms with Crippen molar-refractivity contribution in [3.05, 3.63) is 65.1 Å². The van der Waals surface area contributed by atoms with Crippen molar-refractivity contribution in [2.75, 3.05) is 19.8 Å². The van der Waals surface area contributed by atoms with Gasteiger partial charge in [0, 0.05) is 23.2 Å². The number of ether oxygens (including phenoxy) is 2. The first kappa shape index (κ1) is 27.5. The minimum Gasteiger partial charge on any atom is -0.475 e. The van der Waals surface area contributed by atoms with Crippen molar-refractivity contribution in [3.63, 3.8) is 0 Å². The van der Waals surface area contributed by atoms with E-state index in [0.717, 1.165) is 24.2 Å². The molecule has 2 heterocycles. The van der Waals surface area contributed by atoms with Crippen LogP contribution in [0.2, 0.25) is 0 Å². The molecule has 202 valence electrons. The van der Waals surface area contributed by atoms with Gasteiger partial charge < -0.3 is 14.8 Å². The lowest BCUT2D eigenvalue weighted by atomic mass is 9.79. The molecule has 1 aliphatic carbocycles. The van der Waals surface area contributed by atoms with Crippen LogP contribution in [0.5, 0.6) is 5.88 Å². The fourth-order valence-corrected chi connectivity index (χ4v) is 5.26. The Morgan fingerprint density at radius 1 is 1.19 bits per heavy atom. The summed E-state index contributed by atoms with van der Waals surface area (Å²) in [6.07, 6.45) is -0.803. The molecule has 0 radical (unpaired) electrons. The predicted octanol–water partition coefficient (Wildman–Crippen LogP) is 6.71. The van der Waals surface area contributed by atoms with E-state index in [1.165, 1.54) is 12.1 Å². The molecule has 1 saturated carbocycles. The maximum atomic E-state index is 13.7. The SMILES string of the molecule is CC(C)Oc1ncc(C(F)(F)F)cc1C1=C[C@@]2(CC[C@H](CNC(C)(C)CF)[C@H]2c2ccc(F)cc2)OC1. The first-order chi connectivity index (χ1) is 17.3. The molecule has 0 amide bonds. The summed E-state index contributed by atoms with van der Waals surface area (Å²) in [6, 6.07) is 7.28. The van der Waals surface area contributed by atoms with Crippen LogP contribution in [0.25, 0.3) is 5.57 Å². The highest BCUT2D eigenvalue weighted by atomic mass is 19.4. The molecule has 0 unspecified atom stereocenters. The quantitative estimate of drug-likeness (QED) is 0.390. The number of nitrogens with zero attached hydrogens (tertiary/aromatic N) is 1. The van der Waals surface area contributed by atoms with Crippen molar-refractivity contribution >= 4 is 5.57 Å². The zero-order valence-corrected chi connectivity index (χ0v) is 21.5. The second-order valence-corrected chi connectivity index (χ2v) is 10.9. The Bertz CT molecular complexity index is 1130. The molecule has 4 nitrogen and oxygen atoms in total. The molecule has 9 heteroatoms. The molecule has 2 aromatic rings. The number of pyridine rings is 1. The largest absolute Gasteiger partial charge is 0.475 e. The highest BCUT2D eigenvalue weighted by molar-refractivity contribution is 5.73. The van der Waals surface area contributed by atoms with Crippen LogP contribution < -0.4 is 10.1 Å². The molecule has 1 aliphatic heterocycles. The molecule has 1 aromatic carbocycles. The van der Waals surface area contributed by atoms with Gasteiger partial charge >= 0.3 is 6.18 Å². The average molecular weight is 525 g/mol. The minimum atomic E-state index is -4.56. The first-order valence-electron chi connectivity index (χ1n) is 12.5. The summed E-state index contributed by atoms with van der Waals surface area (Å²) < 4.78 is 79.9. The highest BCUT2D eigenvalue weighted by Crippen LogP contribution is 2.54. The van der Waals surface area contributed by atoms with E-state index in [9.17, 15) is 22.0 Å². The normalized spacial score (nSPS) is 24.2. The molecule has 1 fully saturated rings. The maximum Gasteiger partial charge on any atom is 0.417 e. The summed E-state index contributed by atoms with van der Waals surface area (Å²) in [5.74, 6) is -0.410. The molecule has 4 rings (SSSR count). The molecule has 1 spiro atoms. The molecular formula is C28H33F5N2O2. The third-order valence-corrected chi connectivity index (χ3v) is 7.10. The maximum absolute atomic E-state index is 13.7. The van der Waals surface area contributed by atoms with E-state index in [-0.39, 0.29) is 41.8 Å². The number of hydrogen-bond acceptors (Lipinski definition) is 4. The fourth-order valence-electron chi connectivity index (χ4n) is 5.26. The Morgan fingerprint density at radius 3 is 2.51 bits per heavy atom. The third kappa shape index (κ3) is 5.98. The zero-order chi connectivity index (χ0) is 27.0. The Morgan fingerprint density at radius 2 is 1.89 bits per heavy atom. The minimum absolute atomic E-state index is 0.0397. The van der Waals surface area contributed by atoms with Crippen molar-refractivity contribution < 1.29 is 31.4 Å². The van der Waals surface area contributed by atoms with Crippen molar-refractivity contribution in [3.8, 4) is 5.88 Å². The summed E-state index contributed by atoms with van der Waals surface area (Å²) in [7, 11) is 0. The monoisotopic (exact) mass is 524 g/mol. The summed E-state index contributed by atoms with van der Waals surface area (Å²) in [4.78, 5) is 3.99. The average Bonchev–Trinajstić information content (AvgIpc) is 3.41. The van der Waals surface area contributed by atoms with Gasteiger partial charge in [0.2, 0.25) is 5.88 Å². The highest BCUT2D eigenvalue weighted by Gasteiger charge is 2.51. The predicted molar refractivity (Wildman–Crippen MR) is 132 cm³/mol. The van der Waals surface area contributed by atoms with Gasteiger partial charge in [-0.15, -0.1) is 0 Å². The van der Waals surface area contributed by atoms with E-state index in [2.05, 4.69) is 10.3 Å². The van der Waals surface area contributed by atoms with Gasteiger partial charge in [0.05, 0.1) is 23.9 Å². The van der Waals surface area contributed by atoms with Crippen LogP contribution in [0.4, 0.5) is 22.0 Å². The molecule has 1 N–H and O–H groups in total. The number of aromatic nitrogens is 1.